The molecule has 122 valence electrons. The van der Waals surface area contributed by atoms with Crippen LogP contribution < -0.4 is 5.32 Å². The van der Waals surface area contributed by atoms with Crippen LogP contribution in [0.2, 0.25) is 0 Å². The molecule has 0 radical (unpaired) electrons. The van der Waals surface area contributed by atoms with E-state index in [1.54, 1.807) is 12.4 Å². The Morgan fingerprint density at radius 1 is 1.08 bits per heavy atom. The third-order valence-corrected chi connectivity index (χ3v) is 4.77. The molecule has 1 aliphatic heterocycles. The van der Waals surface area contributed by atoms with Crippen LogP contribution in [0, 0.1) is 0 Å². The van der Waals surface area contributed by atoms with Gasteiger partial charge < -0.3 is 10.4 Å². The highest BCUT2D eigenvalue weighted by Crippen LogP contribution is 2.31. The van der Waals surface area contributed by atoms with Gasteiger partial charge >= 0.3 is 0 Å². The van der Waals surface area contributed by atoms with Gasteiger partial charge in [0.1, 0.15) is 0 Å². The third-order valence-electron chi connectivity index (χ3n) is 4.77. The lowest BCUT2D eigenvalue weighted by Gasteiger charge is -2.29. The number of nitrogens with one attached hydrogen (secondary N) is 1. The maximum atomic E-state index is 11.0. The number of aliphatic hydroxyl groups excluding tert-OH is 1. The SMILES string of the molecule is OC(c1cc(-c2ccncc2)nc2ccccc12)C1CCCCN1. The summed E-state index contributed by atoms with van der Waals surface area (Å²) in [5, 5.41) is 15.5. The Hall–Kier alpha value is -2.30. The highest BCUT2D eigenvalue weighted by molar-refractivity contribution is 5.85. The average molecular weight is 319 g/mol. The molecule has 24 heavy (non-hydrogen) atoms. The van der Waals surface area contributed by atoms with Crippen molar-refractivity contribution in [1.82, 2.24) is 15.3 Å². The summed E-state index contributed by atoms with van der Waals surface area (Å²) in [6.45, 7) is 0.974. The van der Waals surface area contributed by atoms with Gasteiger partial charge in [0.2, 0.25) is 0 Å². The molecule has 0 saturated carbocycles. The summed E-state index contributed by atoms with van der Waals surface area (Å²) in [6, 6.07) is 14.1. The highest BCUT2D eigenvalue weighted by atomic mass is 16.3. The van der Waals surface area contributed by atoms with Crippen LogP contribution in [0.3, 0.4) is 0 Å². The van der Waals surface area contributed by atoms with Crippen molar-refractivity contribution in [3.63, 3.8) is 0 Å². The summed E-state index contributed by atoms with van der Waals surface area (Å²) in [6.07, 6.45) is 6.36. The molecule has 1 saturated heterocycles. The predicted octanol–water partition coefficient (Wildman–Crippen LogP) is 3.47. The lowest BCUT2D eigenvalue weighted by Crippen LogP contribution is -2.38. The maximum Gasteiger partial charge on any atom is 0.0950 e. The second-order valence-electron chi connectivity index (χ2n) is 6.35. The van der Waals surface area contributed by atoms with Crippen molar-refractivity contribution in [3.05, 3.63) is 60.4 Å². The molecule has 1 aromatic carbocycles. The predicted molar refractivity (Wildman–Crippen MR) is 95.6 cm³/mol. The van der Waals surface area contributed by atoms with Gasteiger partial charge in [-0.05, 0) is 49.2 Å². The number of fused-ring (bicyclic) bond motifs is 1. The van der Waals surface area contributed by atoms with Gasteiger partial charge in [0.25, 0.3) is 0 Å². The van der Waals surface area contributed by atoms with Crippen molar-refractivity contribution in [2.45, 2.75) is 31.4 Å². The first kappa shape index (κ1) is 15.2. The first-order valence-electron chi connectivity index (χ1n) is 8.54. The van der Waals surface area contributed by atoms with E-state index in [4.69, 9.17) is 4.98 Å². The van der Waals surface area contributed by atoms with Crippen molar-refractivity contribution < 1.29 is 5.11 Å². The minimum atomic E-state index is -0.529. The number of para-hydroxylation sites is 1. The summed E-state index contributed by atoms with van der Waals surface area (Å²) < 4.78 is 0. The number of aromatic nitrogens is 2. The van der Waals surface area contributed by atoms with Crippen LogP contribution >= 0.6 is 0 Å². The van der Waals surface area contributed by atoms with Crippen molar-refractivity contribution >= 4 is 10.9 Å². The molecule has 2 unspecified atom stereocenters. The Morgan fingerprint density at radius 3 is 2.71 bits per heavy atom. The van der Waals surface area contributed by atoms with Crippen LogP contribution in [0.25, 0.3) is 22.2 Å². The zero-order chi connectivity index (χ0) is 16.4. The van der Waals surface area contributed by atoms with Crippen LogP contribution in [0.5, 0.6) is 0 Å². The van der Waals surface area contributed by atoms with E-state index in [2.05, 4.69) is 10.3 Å². The Bertz CT molecular complexity index is 829. The molecule has 3 aromatic rings. The second kappa shape index (κ2) is 6.67. The van der Waals surface area contributed by atoms with Crippen LogP contribution in [0.4, 0.5) is 0 Å². The van der Waals surface area contributed by atoms with Gasteiger partial charge in [-0.15, -0.1) is 0 Å². The standard InChI is InChI=1S/C20H21N3O/c24-20(18-7-3-4-10-22-18)16-13-19(14-8-11-21-12-9-14)23-17-6-2-1-5-15(16)17/h1-2,5-6,8-9,11-13,18,20,22,24H,3-4,7,10H2. The molecule has 4 nitrogen and oxygen atoms in total. The first-order chi connectivity index (χ1) is 11.8. The molecule has 2 atom stereocenters. The molecular weight excluding hydrogens is 298 g/mol. The topological polar surface area (TPSA) is 58.0 Å². The van der Waals surface area contributed by atoms with Crippen LogP contribution in [-0.4, -0.2) is 27.7 Å². The van der Waals surface area contributed by atoms with Gasteiger partial charge in [-0.1, -0.05) is 24.6 Å². The summed E-state index contributed by atoms with van der Waals surface area (Å²) in [4.78, 5) is 8.85. The molecule has 1 aliphatic rings. The largest absolute Gasteiger partial charge is 0.387 e. The number of rotatable bonds is 3. The van der Waals surface area contributed by atoms with E-state index in [0.717, 1.165) is 47.1 Å². The number of piperidine rings is 1. The molecule has 4 heteroatoms. The monoisotopic (exact) mass is 319 g/mol. The fourth-order valence-electron chi connectivity index (χ4n) is 3.48. The lowest BCUT2D eigenvalue weighted by molar-refractivity contribution is 0.115. The van der Waals surface area contributed by atoms with E-state index in [-0.39, 0.29) is 6.04 Å². The number of hydrogen-bond donors (Lipinski definition) is 2. The maximum absolute atomic E-state index is 11.0. The Kier molecular flexibility index (Phi) is 4.24. The van der Waals surface area contributed by atoms with Crippen LogP contribution in [0.15, 0.2) is 54.9 Å². The second-order valence-corrected chi connectivity index (χ2v) is 6.35. The van der Waals surface area contributed by atoms with E-state index in [0.29, 0.717) is 0 Å². The van der Waals surface area contributed by atoms with Gasteiger partial charge in [0.05, 0.1) is 17.3 Å². The van der Waals surface area contributed by atoms with Crippen molar-refractivity contribution in [2.24, 2.45) is 0 Å². The Morgan fingerprint density at radius 2 is 1.92 bits per heavy atom. The number of hydrogen-bond acceptors (Lipinski definition) is 4. The fraction of sp³-hybridized carbons (Fsp3) is 0.300. The van der Waals surface area contributed by atoms with E-state index in [1.807, 2.05) is 42.5 Å². The summed E-state index contributed by atoms with van der Waals surface area (Å²) in [5.41, 5.74) is 3.75. The molecule has 3 heterocycles. The number of pyridine rings is 2. The number of aliphatic hydroxyl groups is 1. The molecule has 1 fully saturated rings. The van der Waals surface area contributed by atoms with E-state index >= 15 is 0 Å². The van der Waals surface area contributed by atoms with Crippen molar-refractivity contribution in [3.8, 4) is 11.3 Å². The zero-order valence-electron chi connectivity index (χ0n) is 13.5. The number of nitrogens with zero attached hydrogens (tertiary/aromatic N) is 2. The molecule has 0 bridgehead atoms. The third kappa shape index (κ3) is 2.90. The highest BCUT2D eigenvalue weighted by Gasteiger charge is 2.25. The van der Waals surface area contributed by atoms with Crippen LogP contribution in [0.1, 0.15) is 30.9 Å². The van der Waals surface area contributed by atoms with Gasteiger partial charge in [-0.3, -0.25) is 4.98 Å². The summed E-state index contributed by atoms with van der Waals surface area (Å²) in [5.74, 6) is 0. The average Bonchev–Trinajstić information content (AvgIpc) is 2.68. The minimum absolute atomic E-state index is 0.106. The molecule has 2 N–H and O–H groups in total. The first-order valence-corrected chi connectivity index (χ1v) is 8.54. The van der Waals surface area contributed by atoms with E-state index in [1.165, 1.54) is 6.42 Å². The molecular formula is C20H21N3O. The van der Waals surface area contributed by atoms with Crippen LogP contribution in [-0.2, 0) is 0 Å². The Balaban J connectivity index is 1.83. The summed E-state index contributed by atoms with van der Waals surface area (Å²) >= 11 is 0. The molecule has 0 aliphatic carbocycles. The normalized spacial score (nSPS) is 19.3. The summed E-state index contributed by atoms with van der Waals surface area (Å²) in [7, 11) is 0. The number of benzene rings is 1. The van der Waals surface area contributed by atoms with Gasteiger partial charge in [0, 0.05) is 29.4 Å². The van der Waals surface area contributed by atoms with Gasteiger partial charge in [-0.25, -0.2) is 4.98 Å². The molecule has 4 rings (SSSR count). The van der Waals surface area contributed by atoms with Gasteiger partial charge in [-0.2, -0.15) is 0 Å². The minimum Gasteiger partial charge on any atom is -0.387 e. The van der Waals surface area contributed by atoms with Crippen molar-refractivity contribution in [2.75, 3.05) is 6.54 Å². The van der Waals surface area contributed by atoms with E-state index < -0.39 is 6.10 Å². The van der Waals surface area contributed by atoms with Crippen molar-refractivity contribution in [1.29, 1.82) is 0 Å². The smallest absolute Gasteiger partial charge is 0.0950 e. The lowest BCUT2D eigenvalue weighted by atomic mass is 9.92. The van der Waals surface area contributed by atoms with Gasteiger partial charge in [0.15, 0.2) is 0 Å². The Labute approximate surface area is 141 Å². The molecule has 0 spiro atoms. The molecule has 0 amide bonds. The molecule has 2 aromatic heterocycles. The fourth-order valence-corrected chi connectivity index (χ4v) is 3.48. The quantitative estimate of drug-likeness (QED) is 0.776. The zero-order valence-corrected chi connectivity index (χ0v) is 13.5. The van der Waals surface area contributed by atoms with E-state index in [9.17, 15) is 5.11 Å².